The summed E-state index contributed by atoms with van der Waals surface area (Å²) in [6, 6.07) is 4.60. The van der Waals surface area contributed by atoms with Crippen molar-refractivity contribution < 1.29 is 9.18 Å². The molecule has 0 aromatic heterocycles. The van der Waals surface area contributed by atoms with E-state index < -0.39 is 0 Å². The number of carbonyl (C=O) groups is 1. The van der Waals surface area contributed by atoms with Gasteiger partial charge in [0, 0.05) is 10.6 Å². The van der Waals surface area contributed by atoms with E-state index in [9.17, 15) is 9.18 Å². The van der Waals surface area contributed by atoms with Gasteiger partial charge in [0.1, 0.15) is 5.82 Å². The van der Waals surface area contributed by atoms with E-state index in [0.29, 0.717) is 22.8 Å². The minimum Gasteiger partial charge on any atom is -0.369 e. The van der Waals surface area contributed by atoms with Crippen LogP contribution in [0.3, 0.4) is 0 Å². The van der Waals surface area contributed by atoms with E-state index in [1.807, 2.05) is 0 Å². The lowest BCUT2D eigenvalue weighted by atomic mass is 10.1. The number of hydrogen-bond acceptors (Lipinski definition) is 2. The van der Waals surface area contributed by atoms with Gasteiger partial charge in [-0.1, -0.05) is 17.7 Å². The Labute approximate surface area is 103 Å². The number of nitrogens with two attached hydrogens (primary N) is 1. The van der Waals surface area contributed by atoms with Crippen LogP contribution < -0.4 is 5.73 Å². The molecule has 1 atom stereocenters. The fraction of sp³-hybridized carbons (Fsp3) is 0.364. The van der Waals surface area contributed by atoms with Crippen LogP contribution in [0.5, 0.6) is 0 Å². The molecule has 0 aliphatic rings. The second-order valence-electron chi connectivity index (χ2n) is 3.37. The maximum Gasteiger partial charge on any atom is 0.230 e. The normalized spacial score (nSPS) is 12.4. The third kappa shape index (κ3) is 3.68. The number of benzene rings is 1. The first-order valence-corrected chi connectivity index (χ1v) is 6.29. The molecule has 0 unspecified atom stereocenters. The fourth-order valence-corrected chi connectivity index (χ4v) is 2.29. The largest absolute Gasteiger partial charge is 0.369 e. The summed E-state index contributed by atoms with van der Waals surface area (Å²) >= 11 is 7.26. The first kappa shape index (κ1) is 13.3. The topological polar surface area (TPSA) is 43.1 Å². The average molecular weight is 262 g/mol. The molecule has 16 heavy (non-hydrogen) atoms. The van der Waals surface area contributed by atoms with Crippen LogP contribution in [0.15, 0.2) is 18.2 Å². The maximum atomic E-state index is 13.3. The van der Waals surface area contributed by atoms with Crippen molar-refractivity contribution in [2.75, 3.05) is 5.75 Å². The molecule has 0 spiro atoms. The van der Waals surface area contributed by atoms with Gasteiger partial charge in [0.05, 0.1) is 5.25 Å². The SMILES string of the molecule is C[C@H](SCCc1c(F)cccc1Cl)C(N)=O. The quantitative estimate of drug-likeness (QED) is 0.885. The molecule has 0 aliphatic heterocycles. The summed E-state index contributed by atoms with van der Waals surface area (Å²) in [5.41, 5.74) is 5.61. The Morgan fingerprint density at radius 3 is 2.88 bits per heavy atom. The number of rotatable bonds is 5. The van der Waals surface area contributed by atoms with Gasteiger partial charge in [0.15, 0.2) is 0 Å². The minimum absolute atomic E-state index is 0.259. The Kier molecular flexibility index (Phi) is 5.09. The van der Waals surface area contributed by atoms with Crippen LogP contribution in [0.1, 0.15) is 12.5 Å². The van der Waals surface area contributed by atoms with Crippen LogP contribution >= 0.6 is 23.4 Å². The predicted octanol–water partition coefficient (Wildman–Crippen LogP) is 2.63. The minimum atomic E-state index is -0.357. The third-order valence-corrected chi connectivity index (χ3v) is 3.71. The first-order valence-electron chi connectivity index (χ1n) is 4.86. The van der Waals surface area contributed by atoms with Gasteiger partial charge in [-0.15, -0.1) is 11.8 Å². The van der Waals surface area contributed by atoms with Crippen molar-refractivity contribution in [3.8, 4) is 0 Å². The molecule has 88 valence electrons. The average Bonchev–Trinajstić information content (AvgIpc) is 2.22. The highest BCUT2D eigenvalue weighted by atomic mass is 35.5. The van der Waals surface area contributed by atoms with E-state index in [2.05, 4.69) is 0 Å². The van der Waals surface area contributed by atoms with E-state index >= 15 is 0 Å². The molecule has 0 saturated carbocycles. The second-order valence-corrected chi connectivity index (χ2v) is 5.22. The Morgan fingerprint density at radius 1 is 1.62 bits per heavy atom. The van der Waals surface area contributed by atoms with Crippen molar-refractivity contribution in [2.45, 2.75) is 18.6 Å². The summed E-state index contributed by atoms with van der Waals surface area (Å²) in [5, 5.41) is 0.165. The standard InChI is InChI=1S/C11H13ClFNOS/c1-7(11(14)15)16-6-5-8-9(12)3-2-4-10(8)13/h2-4,7H,5-6H2,1H3,(H2,14,15)/t7-/m0/s1. The van der Waals surface area contributed by atoms with Gasteiger partial charge in [-0.2, -0.15) is 0 Å². The lowest BCUT2D eigenvalue weighted by Crippen LogP contribution is -2.23. The smallest absolute Gasteiger partial charge is 0.230 e. The van der Waals surface area contributed by atoms with Crippen molar-refractivity contribution in [3.05, 3.63) is 34.6 Å². The van der Waals surface area contributed by atoms with Crippen molar-refractivity contribution in [1.29, 1.82) is 0 Å². The summed E-state index contributed by atoms with van der Waals surface area (Å²) in [5.74, 6) is -0.0467. The van der Waals surface area contributed by atoms with Crippen LogP contribution in [0.2, 0.25) is 5.02 Å². The summed E-state index contributed by atoms with van der Waals surface area (Å²) in [6.07, 6.45) is 0.494. The number of carbonyl (C=O) groups excluding carboxylic acids is 1. The third-order valence-electron chi connectivity index (χ3n) is 2.18. The molecule has 2 N–H and O–H groups in total. The van der Waals surface area contributed by atoms with Gasteiger partial charge in [-0.05, 0) is 31.2 Å². The van der Waals surface area contributed by atoms with Gasteiger partial charge < -0.3 is 5.73 Å². The van der Waals surface area contributed by atoms with E-state index in [4.69, 9.17) is 17.3 Å². The molecule has 0 saturated heterocycles. The van der Waals surface area contributed by atoms with Crippen molar-refractivity contribution in [3.63, 3.8) is 0 Å². The molecule has 0 bridgehead atoms. The zero-order chi connectivity index (χ0) is 12.1. The molecule has 1 aromatic rings. The van der Waals surface area contributed by atoms with Crippen LogP contribution in [0.4, 0.5) is 4.39 Å². The molecule has 1 amide bonds. The molecule has 2 nitrogen and oxygen atoms in total. The second kappa shape index (κ2) is 6.11. The molecular formula is C11H13ClFNOS. The molecule has 0 fully saturated rings. The lowest BCUT2D eigenvalue weighted by Gasteiger charge is -2.08. The molecular weight excluding hydrogens is 249 g/mol. The van der Waals surface area contributed by atoms with E-state index in [1.54, 1.807) is 19.1 Å². The monoisotopic (exact) mass is 261 g/mol. The Hall–Kier alpha value is -0.740. The molecule has 5 heteroatoms. The summed E-state index contributed by atoms with van der Waals surface area (Å²) in [6.45, 7) is 1.73. The molecule has 0 radical (unpaired) electrons. The van der Waals surface area contributed by atoms with Crippen LogP contribution in [-0.4, -0.2) is 16.9 Å². The first-order chi connectivity index (χ1) is 7.52. The molecule has 0 heterocycles. The molecule has 1 aromatic carbocycles. The number of hydrogen-bond donors (Lipinski definition) is 1. The van der Waals surface area contributed by atoms with Crippen LogP contribution in [0, 0.1) is 5.82 Å². The summed E-state index contributed by atoms with van der Waals surface area (Å²) < 4.78 is 13.3. The van der Waals surface area contributed by atoms with Gasteiger partial charge in [-0.3, -0.25) is 4.79 Å². The number of thioether (sulfide) groups is 1. The fourth-order valence-electron chi connectivity index (χ4n) is 1.19. The van der Waals surface area contributed by atoms with Crippen LogP contribution in [-0.2, 0) is 11.2 Å². The Morgan fingerprint density at radius 2 is 2.31 bits per heavy atom. The Bertz CT molecular complexity index is 366. The van der Waals surface area contributed by atoms with E-state index in [-0.39, 0.29) is 17.0 Å². The zero-order valence-corrected chi connectivity index (χ0v) is 10.4. The number of halogens is 2. The molecule has 1 rings (SSSR count). The van der Waals surface area contributed by atoms with Crippen molar-refractivity contribution >= 4 is 29.3 Å². The van der Waals surface area contributed by atoms with E-state index in [0.717, 1.165) is 0 Å². The summed E-state index contributed by atoms with van der Waals surface area (Å²) in [4.78, 5) is 10.8. The Balaban J connectivity index is 2.52. The van der Waals surface area contributed by atoms with Crippen molar-refractivity contribution in [1.82, 2.24) is 0 Å². The van der Waals surface area contributed by atoms with Gasteiger partial charge >= 0.3 is 0 Å². The highest BCUT2D eigenvalue weighted by Crippen LogP contribution is 2.21. The van der Waals surface area contributed by atoms with Gasteiger partial charge in [0.25, 0.3) is 0 Å². The van der Waals surface area contributed by atoms with Crippen LogP contribution in [0.25, 0.3) is 0 Å². The maximum absolute atomic E-state index is 13.3. The van der Waals surface area contributed by atoms with Crippen molar-refractivity contribution in [2.24, 2.45) is 5.73 Å². The van der Waals surface area contributed by atoms with Gasteiger partial charge in [0.2, 0.25) is 5.91 Å². The molecule has 0 aliphatic carbocycles. The number of amides is 1. The zero-order valence-electron chi connectivity index (χ0n) is 8.87. The highest BCUT2D eigenvalue weighted by Gasteiger charge is 2.11. The predicted molar refractivity (Wildman–Crippen MR) is 66.2 cm³/mol. The summed E-state index contributed by atoms with van der Waals surface area (Å²) in [7, 11) is 0. The van der Waals surface area contributed by atoms with E-state index in [1.165, 1.54) is 17.8 Å². The highest BCUT2D eigenvalue weighted by molar-refractivity contribution is 8.00. The lowest BCUT2D eigenvalue weighted by molar-refractivity contribution is -0.117. The van der Waals surface area contributed by atoms with Gasteiger partial charge in [-0.25, -0.2) is 4.39 Å². The number of primary amides is 1.